The SMILES string of the molecule is Cc1ccc2c(c1)CC(CNC(C)c1cc(C)oc1C)O2. The van der Waals surface area contributed by atoms with Gasteiger partial charge >= 0.3 is 0 Å². The first-order valence-corrected chi connectivity index (χ1v) is 7.59. The van der Waals surface area contributed by atoms with Gasteiger partial charge in [0.15, 0.2) is 0 Å². The smallest absolute Gasteiger partial charge is 0.123 e. The maximum Gasteiger partial charge on any atom is 0.123 e. The molecule has 0 fully saturated rings. The lowest BCUT2D eigenvalue weighted by molar-refractivity contribution is 0.222. The number of aryl methyl sites for hydroxylation is 3. The Balaban J connectivity index is 1.58. The molecule has 2 aromatic rings. The van der Waals surface area contributed by atoms with Crippen LogP contribution in [0.5, 0.6) is 5.75 Å². The number of rotatable bonds is 4. The number of benzene rings is 1. The molecule has 2 heterocycles. The molecule has 1 aliphatic rings. The van der Waals surface area contributed by atoms with Crippen LogP contribution in [0.25, 0.3) is 0 Å². The van der Waals surface area contributed by atoms with Crippen LogP contribution in [0.3, 0.4) is 0 Å². The van der Waals surface area contributed by atoms with Crippen molar-refractivity contribution in [2.75, 3.05) is 6.54 Å². The van der Waals surface area contributed by atoms with Crippen molar-refractivity contribution in [2.24, 2.45) is 0 Å². The lowest BCUT2D eigenvalue weighted by Gasteiger charge is -2.17. The fourth-order valence-electron chi connectivity index (χ4n) is 3.06. The zero-order valence-electron chi connectivity index (χ0n) is 13.2. The van der Waals surface area contributed by atoms with Crippen molar-refractivity contribution in [2.45, 2.75) is 46.3 Å². The molecule has 1 aliphatic heterocycles. The van der Waals surface area contributed by atoms with Gasteiger partial charge in [-0.25, -0.2) is 0 Å². The first kappa shape index (κ1) is 14.2. The fourth-order valence-corrected chi connectivity index (χ4v) is 3.06. The number of furan rings is 1. The van der Waals surface area contributed by atoms with E-state index >= 15 is 0 Å². The highest BCUT2D eigenvalue weighted by Crippen LogP contribution is 2.29. The van der Waals surface area contributed by atoms with Gasteiger partial charge in [-0.2, -0.15) is 0 Å². The topological polar surface area (TPSA) is 34.4 Å². The Labute approximate surface area is 126 Å². The summed E-state index contributed by atoms with van der Waals surface area (Å²) in [4.78, 5) is 0. The highest BCUT2D eigenvalue weighted by Gasteiger charge is 2.23. The summed E-state index contributed by atoms with van der Waals surface area (Å²) in [6.45, 7) is 9.15. The molecular formula is C18H23NO2. The molecule has 0 spiro atoms. The Morgan fingerprint density at radius 1 is 1.24 bits per heavy atom. The van der Waals surface area contributed by atoms with Gasteiger partial charge in [0.25, 0.3) is 0 Å². The fraction of sp³-hybridized carbons (Fsp3) is 0.444. The third-order valence-electron chi connectivity index (χ3n) is 4.15. The zero-order chi connectivity index (χ0) is 15.0. The molecule has 112 valence electrons. The van der Waals surface area contributed by atoms with Crippen molar-refractivity contribution in [3.05, 3.63) is 52.5 Å². The van der Waals surface area contributed by atoms with Gasteiger partial charge < -0.3 is 14.5 Å². The van der Waals surface area contributed by atoms with Gasteiger partial charge in [0.2, 0.25) is 0 Å². The van der Waals surface area contributed by atoms with Crippen LogP contribution < -0.4 is 10.1 Å². The molecule has 1 N–H and O–H groups in total. The summed E-state index contributed by atoms with van der Waals surface area (Å²) in [5.41, 5.74) is 3.85. The van der Waals surface area contributed by atoms with Crippen LogP contribution in [-0.4, -0.2) is 12.6 Å². The second kappa shape index (κ2) is 5.57. The summed E-state index contributed by atoms with van der Waals surface area (Å²) in [5, 5.41) is 3.56. The molecule has 21 heavy (non-hydrogen) atoms. The lowest BCUT2D eigenvalue weighted by atomic mass is 10.1. The first-order chi connectivity index (χ1) is 10.0. The maximum absolute atomic E-state index is 6.00. The van der Waals surface area contributed by atoms with E-state index in [9.17, 15) is 0 Å². The minimum absolute atomic E-state index is 0.220. The van der Waals surface area contributed by atoms with Crippen LogP contribution in [0.4, 0.5) is 0 Å². The molecule has 2 unspecified atom stereocenters. The van der Waals surface area contributed by atoms with Gasteiger partial charge in [-0.1, -0.05) is 17.7 Å². The predicted octanol–water partition coefficient (Wildman–Crippen LogP) is 3.86. The van der Waals surface area contributed by atoms with E-state index in [2.05, 4.69) is 43.4 Å². The summed E-state index contributed by atoms with van der Waals surface area (Å²) in [7, 11) is 0. The van der Waals surface area contributed by atoms with E-state index in [1.54, 1.807) is 0 Å². The molecule has 1 aromatic carbocycles. The highest BCUT2D eigenvalue weighted by atomic mass is 16.5. The average molecular weight is 285 g/mol. The minimum atomic E-state index is 0.220. The molecule has 0 saturated heterocycles. The van der Waals surface area contributed by atoms with Crippen molar-refractivity contribution in [3.63, 3.8) is 0 Å². The third-order valence-corrected chi connectivity index (χ3v) is 4.15. The number of hydrogen-bond acceptors (Lipinski definition) is 3. The summed E-state index contributed by atoms with van der Waals surface area (Å²) < 4.78 is 11.6. The number of hydrogen-bond donors (Lipinski definition) is 1. The van der Waals surface area contributed by atoms with E-state index in [1.807, 2.05) is 13.8 Å². The molecule has 3 rings (SSSR count). The van der Waals surface area contributed by atoms with Gasteiger partial charge in [-0.05, 0) is 45.4 Å². The predicted molar refractivity (Wildman–Crippen MR) is 83.9 cm³/mol. The van der Waals surface area contributed by atoms with Gasteiger partial charge in [0, 0.05) is 24.6 Å². The molecule has 2 atom stereocenters. The largest absolute Gasteiger partial charge is 0.488 e. The molecule has 0 saturated carbocycles. The van der Waals surface area contributed by atoms with Crippen LogP contribution in [0, 0.1) is 20.8 Å². The number of ether oxygens (including phenoxy) is 1. The highest BCUT2D eigenvalue weighted by molar-refractivity contribution is 5.40. The van der Waals surface area contributed by atoms with E-state index in [0.29, 0.717) is 0 Å². The summed E-state index contributed by atoms with van der Waals surface area (Å²) in [5.74, 6) is 3.00. The zero-order valence-corrected chi connectivity index (χ0v) is 13.2. The monoisotopic (exact) mass is 285 g/mol. The van der Waals surface area contributed by atoms with Crippen LogP contribution >= 0.6 is 0 Å². The number of fused-ring (bicyclic) bond motifs is 1. The Bertz CT molecular complexity index is 645. The van der Waals surface area contributed by atoms with Crippen molar-refractivity contribution >= 4 is 0 Å². The molecule has 3 nitrogen and oxygen atoms in total. The molecule has 3 heteroatoms. The number of nitrogens with one attached hydrogen (secondary N) is 1. The first-order valence-electron chi connectivity index (χ1n) is 7.59. The van der Waals surface area contributed by atoms with E-state index in [4.69, 9.17) is 9.15 Å². The Morgan fingerprint density at radius 3 is 2.76 bits per heavy atom. The quantitative estimate of drug-likeness (QED) is 0.926. The van der Waals surface area contributed by atoms with Crippen LogP contribution in [0.2, 0.25) is 0 Å². The normalized spacial score (nSPS) is 18.4. The van der Waals surface area contributed by atoms with Crippen LogP contribution in [0.1, 0.15) is 41.2 Å². The average Bonchev–Trinajstić information content (AvgIpc) is 2.98. The molecule has 0 radical (unpaired) electrons. The van der Waals surface area contributed by atoms with Gasteiger partial charge in [0.1, 0.15) is 23.4 Å². The summed E-state index contributed by atoms with van der Waals surface area (Å²) in [6.07, 6.45) is 1.21. The molecule has 0 amide bonds. The Morgan fingerprint density at radius 2 is 2.05 bits per heavy atom. The Kier molecular flexibility index (Phi) is 3.77. The van der Waals surface area contributed by atoms with Crippen LogP contribution in [-0.2, 0) is 6.42 Å². The van der Waals surface area contributed by atoms with E-state index in [-0.39, 0.29) is 12.1 Å². The van der Waals surface area contributed by atoms with Gasteiger partial charge in [-0.15, -0.1) is 0 Å². The van der Waals surface area contributed by atoms with Crippen LogP contribution in [0.15, 0.2) is 28.7 Å². The Hall–Kier alpha value is -1.74. The van der Waals surface area contributed by atoms with Gasteiger partial charge in [-0.3, -0.25) is 0 Å². The molecule has 0 bridgehead atoms. The standard InChI is InChI=1S/C18H23NO2/c1-11-5-6-18-15(7-11)9-16(21-18)10-19-13(3)17-8-12(2)20-14(17)4/h5-8,13,16,19H,9-10H2,1-4H3. The second-order valence-corrected chi connectivity index (χ2v) is 6.05. The van der Waals surface area contributed by atoms with Crippen molar-refractivity contribution in [1.82, 2.24) is 5.32 Å². The van der Waals surface area contributed by atoms with Crippen molar-refractivity contribution < 1.29 is 9.15 Å². The van der Waals surface area contributed by atoms with E-state index in [1.165, 1.54) is 16.7 Å². The molecule has 0 aliphatic carbocycles. The van der Waals surface area contributed by atoms with E-state index < -0.39 is 0 Å². The molecular weight excluding hydrogens is 262 g/mol. The van der Waals surface area contributed by atoms with E-state index in [0.717, 1.165) is 30.2 Å². The van der Waals surface area contributed by atoms with Crippen molar-refractivity contribution in [1.29, 1.82) is 0 Å². The van der Waals surface area contributed by atoms with Crippen molar-refractivity contribution in [3.8, 4) is 5.75 Å². The summed E-state index contributed by atoms with van der Waals surface area (Å²) >= 11 is 0. The maximum atomic E-state index is 6.00. The third kappa shape index (κ3) is 2.98. The molecule has 1 aromatic heterocycles. The van der Waals surface area contributed by atoms with Gasteiger partial charge in [0.05, 0.1) is 0 Å². The minimum Gasteiger partial charge on any atom is -0.488 e. The second-order valence-electron chi connectivity index (χ2n) is 6.05. The lowest BCUT2D eigenvalue weighted by Crippen LogP contribution is -2.32. The summed E-state index contributed by atoms with van der Waals surface area (Å²) in [6, 6.07) is 8.80.